The SMILES string of the molecule is COC(=O)/C(C)=C/c1cnc2ccccc2c1. The van der Waals surface area contributed by atoms with E-state index >= 15 is 0 Å². The summed E-state index contributed by atoms with van der Waals surface area (Å²) >= 11 is 0. The van der Waals surface area contributed by atoms with Crippen LogP contribution in [0.1, 0.15) is 12.5 Å². The minimum atomic E-state index is -0.321. The van der Waals surface area contributed by atoms with Crippen molar-refractivity contribution in [3.05, 3.63) is 47.7 Å². The summed E-state index contributed by atoms with van der Waals surface area (Å²) in [7, 11) is 1.37. The Kier molecular flexibility index (Phi) is 3.19. The molecular weight excluding hydrogens is 214 g/mol. The van der Waals surface area contributed by atoms with E-state index in [1.54, 1.807) is 19.2 Å². The number of carbonyl (C=O) groups excluding carboxylic acids is 1. The Bertz CT molecular complexity index is 588. The second kappa shape index (κ2) is 4.78. The monoisotopic (exact) mass is 227 g/mol. The van der Waals surface area contributed by atoms with E-state index in [-0.39, 0.29) is 5.97 Å². The van der Waals surface area contributed by atoms with E-state index in [0.717, 1.165) is 16.5 Å². The predicted octanol–water partition coefficient (Wildman–Crippen LogP) is 2.81. The van der Waals surface area contributed by atoms with Gasteiger partial charge in [-0.05, 0) is 30.7 Å². The van der Waals surface area contributed by atoms with Gasteiger partial charge in [0, 0.05) is 17.2 Å². The maximum Gasteiger partial charge on any atom is 0.333 e. The third-order valence-corrected chi connectivity index (χ3v) is 2.50. The summed E-state index contributed by atoms with van der Waals surface area (Å²) in [6, 6.07) is 9.85. The van der Waals surface area contributed by atoms with Crippen LogP contribution in [0.15, 0.2) is 42.1 Å². The van der Waals surface area contributed by atoms with E-state index in [2.05, 4.69) is 9.72 Å². The van der Waals surface area contributed by atoms with Crippen molar-refractivity contribution in [3.8, 4) is 0 Å². The van der Waals surface area contributed by atoms with E-state index in [9.17, 15) is 4.79 Å². The lowest BCUT2D eigenvalue weighted by atomic mass is 10.1. The molecule has 3 heteroatoms. The molecule has 86 valence electrons. The van der Waals surface area contributed by atoms with E-state index < -0.39 is 0 Å². The van der Waals surface area contributed by atoms with Gasteiger partial charge in [0.05, 0.1) is 12.6 Å². The van der Waals surface area contributed by atoms with Crippen LogP contribution in [0, 0.1) is 0 Å². The predicted molar refractivity (Wildman–Crippen MR) is 67.4 cm³/mol. The summed E-state index contributed by atoms with van der Waals surface area (Å²) in [5.41, 5.74) is 2.40. The molecule has 0 aliphatic carbocycles. The van der Waals surface area contributed by atoms with Crippen LogP contribution in [0.4, 0.5) is 0 Å². The van der Waals surface area contributed by atoms with Crippen molar-refractivity contribution < 1.29 is 9.53 Å². The zero-order chi connectivity index (χ0) is 12.3. The fraction of sp³-hybridized carbons (Fsp3) is 0.143. The Hall–Kier alpha value is -2.16. The first kappa shape index (κ1) is 11.3. The van der Waals surface area contributed by atoms with E-state index in [1.807, 2.05) is 30.3 Å². The zero-order valence-corrected chi connectivity index (χ0v) is 9.81. The Balaban J connectivity index is 2.40. The second-order valence-electron chi connectivity index (χ2n) is 3.78. The number of hydrogen-bond acceptors (Lipinski definition) is 3. The standard InChI is InChI=1S/C14H13NO2/c1-10(14(16)17-2)7-11-8-12-5-3-4-6-13(12)15-9-11/h3-9H,1-2H3/b10-7+. The summed E-state index contributed by atoms with van der Waals surface area (Å²) in [5, 5.41) is 1.05. The highest BCUT2D eigenvalue weighted by atomic mass is 16.5. The van der Waals surface area contributed by atoms with Crippen molar-refractivity contribution in [2.45, 2.75) is 6.92 Å². The molecule has 0 amide bonds. The fourth-order valence-electron chi connectivity index (χ4n) is 1.64. The number of hydrogen-bond donors (Lipinski definition) is 0. The topological polar surface area (TPSA) is 39.2 Å². The van der Waals surface area contributed by atoms with Crippen LogP contribution in [0.2, 0.25) is 0 Å². The minimum Gasteiger partial charge on any atom is -0.466 e. The number of carbonyl (C=O) groups is 1. The van der Waals surface area contributed by atoms with Crippen molar-refractivity contribution in [3.63, 3.8) is 0 Å². The Morgan fingerprint density at radius 1 is 1.35 bits per heavy atom. The quantitative estimate of drug-likeness (QED) is 0.585. The van der Waals surface area contributed by atoms with Crippen LogP contribution in [-0.4, -0.2) is 18.1 Å². The molecule has 0 atom stereocenters. The molecule has 0 spiro atoms. The van der Waals surface area contributed by atoms with Crippen LogP contribution >= 0.6 is 0 Å². The molecule has 2 aromatic rings. The van der Waals surface area contributed by atoms with Crippen LogP contribution < -0.4 is 0 Å². The third kappa shape index (κ3) is 2.50. The number of nitrogens with zero attached hydrogens (tertiary/aromatic N) is 1. The molecule has 0 saturated carbocycles. The van der Waals surface area contributed by atoms with Gasteiger partial charge >= 0.3 is 5.97 Å². The highest BCUT2D eigenvalue weighted by Crippen LogP contribution is 2.15. The van der Waals surface area contributed by atoms with Gasteiger partial charge in [0.1, 0.15) is 0 Å². The molecular formula is C14H13NO2. The Morgan fingerprint density at radius 3 is 2.88 bits per heavy atom. The Morgan fingerprint density at radius 2 is 2.12 bits per heavy atom. The first-order chi connectivity index (χ1) is 8.20. The number of aromatic nitrogens is 1. The number of esters is 1. The summed E-state index contributed by atoms with van der Waals surface area (Å²) in [4.78, 5) is 15.6. The van der Waals surface area contributed by atoms with Crippen molar-refractivity contribution in [1.29, 1.82) is 0 Å². The maximum absolute atomic E-state index is 11.3. The molecule has 1 aromatic carbocycles. The summed E-state index contributed by atoms with van der Waals surface area (Å²) in [5.74, 6) is -0.321. The van der Waals surface area contributed by atoms with Gasteiger partial charge in [-0.3, -0.25) is 4.98 Å². The van der Waals surface area contributed by atoms with Crippen molar-refractivity contribution in [2.24, 2.45) is 0 Å². The minimum absolute atomic E-state index is 0.321. The average molecular weight is 227 g/mol. The number of para-hydroxylation sites is 1. The van der Waals surface area contributed by atoms with E-state index in [0.29, 0.717) is 5.57 Å². The van der Waals surface area contributed by atoms with Gasteiger partial charge in [0.2, 0.25) is 0 Å². The smallest absolute Gasteiger partial charge is 0.333 e. The highest BCUT2D eigenvalue weighted by Gasteiger charge is 2.03. The first-order valence-electron chi connectivity index (χ1n) is 5.32. The van der Waals surface area contributed by atoms with Gasteiger partial charge < -0.3 is 4.74 Å². The maximum atomic E-state index is 11.3. The summed E-state index contributed by atoms with van der Waals surface area (Å²) in [6.45, 7) is 1.72. The molecule has 0 N–H and O–H groups in total. The van der Waals surface area contributed by atoms with E-state index in [1.165, 1.54) is 7.11 Å². The zero-order valence-electron chi connectivity index (χ0n) is 9.81. The lowest BCUT2D eigenvalue weighted by Gasteiger charge is -2.01. The van der Waals surface area contributed by atoms with Crippen molar-refractivity contribution in [1.82, 2.24) is 4.98 Å². The lowest BCUT2D eigenvalue weighted by Crippen LogP contribution is -2.01. The van der Waals surface area contributed by atoms with Crippen LogP contribution in [0.5, 0.6) is 0 Å². The molecule has 0 aliphatic heterocycles. The number of benzene rings is 1. The van der Waals surface area contributed by atoms with Gasteiger partial charge in [-0.1, -0.05) is 18.2 Å². The molecule has 0 radical (unpaired) electrons. The second-order valence-corrected chi connectivity index (χ2v) is 3.78. The molecule has 0 aliphatic rings. The largest absolute Gasteiger partial charge is 0.466 e. The van der Waals surface area contributed by atoms with Crippen LogP contribution in [0.3, 0.4) is 0 Å². The van der Waals surface area contributed by atoms with Gasteiger partial charge in [-0.2, -0.15) is 0 Å². The van der Waals surface area contributed by atoms with Gasteiger partial charge in [-0.15, -0.1) is 0 Å². The fourth-order valence-corrected chi connectivity index (χ4v) is 1.64. The Labute approximate surface area is 99.7 Å². The molecule has 1 aromatic heterocycles. The van der Waals surface area contributed by atoms with Gasteiger partial charge in [-0.25, -0.2) is 4.79 Å². The van der Waals surface area contributed by atoms with Crippen molar-refractivity contribution >= 4 is 22.9 Å². The van der Waals surface area contributed by atoms with Gasteiger partial charge in [0.15, 0.2) is 0 Å². The normalized spacial score (nSPS) is 11.5. The molecule has 0 fully saturated rings. The lowest BCUT2D eigenvalue weighted by molar-refractivity contribution is -0.135. The molecule has 0 unspecified atom stereocenters. The summed E-state index contributed by atoms with van der Waals surface area (Å²) in [6.07, 6.45) is 3.51. The number of fused-ring (bicyclic) bond motifs is 1. The molecule has 0 saturated heterocycles. The molecule has 3 nitrogen and oxygen atoms in total. The first-order valence-corrected chi connectivity index (χ1v) is 5.32. The highest BCUT2D eigenvalue weighted by molar-refractivity contribution is 5.93. The van der Waals surface area contributed by atoms with Gasteiger partial charge in [0.25, 0.3) is 0 Å². The molecule has 2 rings (SSSR count). The molecule has 0 bridgehead atoms. The van der Waals surface area contributed by atoms with Crippen LogP contribution in [-0.2, 0) is 9.53 Å². The number of methoxy groups -OCH3 is 1. The average Bonchev–Trinajstić information content (AvgIpc) is 2.37. The third-order valence-electron chi connectivity index (χ3n) is 2.50. The number of rotatable bonds is 2. The molecule has 1 heterocycles. The molecule has 17 heavy (non-hydrogen) atoms. The number of ether oxygens (including phenoxy) is 1. The van der Waals surface area contributed by atoms with Crippen LogP contribution in [0.25, 0.3) is 17.0 Å². The summed E-state index contributed by atoms with van der Waals surface area (Å²) < 4.78 is 4.64. The van der Waals surface area contributed by atoms with Crippen molar-refractivity contribution in [2.75, 3.05) is 7.11 Å². The number of pyridine rings is 1. The van der Waals surface area contributed by atoms with E-state index in [4.69, 9.17) is 0 Å².